The molecule has 1 N–H and O–H groups in total. The molecule has 2 heterocycles. The van der Waals surface area contributed by atoms with E-state index in [1.165, 1.54) is 4.31 Å². The van der Waals surface area contributed by atoms with Gasteiger partial charge in [-0.15, -0.1) is 11.3 Å². The topological polar surface area (TPSA) is 62.6 Å². The number of aryl methyl sites for hydroxylation is 2. The first-order valence-electron chi connectivity index (χ1n) is 6.60. The van der Waals surface area contributed by atoms with Gasteiger partial charge in [0, 0.05) is 30.6 Å². The first-order chi connectivity index (χ1) is 9.87. The van der Waals surface area contributed by atoms with Crippen LogP contribution in [0.2, 0.25) is 0 Å². The minimum atomic E-state index is -3.57. The van der Waals surface area contributed by atoms with E-state index in [2.05, 4.69) is 5.32 Å². The van der Waals surface area contributed by atoms with Crippen molar-refractivity contribution >= 4 is 21.4 Å². The normalized spacial score (nSPS) is 12.2. The van der Waals surface area contributed by atoms with Gasteiger partial charge < -0.3 is 9.73 Å². The number of nitrogens with zero attached hydrogens (tertiary/aromatic N) is 1. The van der Waals surface area contributed by atoms with Gasteiger partial charge in [0.1, 0.15) is 16.4 Å². The monoisotopic (exact) mass is 328 g/mol. The SMILES string of the molecule is CNCc1c(C)oc(C)c1S(=O)(=O)N(C)Cc1cccs1. The summed E-state index contributed by atoms with van der Waals surface area (Å²) in [5.41, 5.74) is 0.702. The van der Waals surface area contributed by atoms with Gasteiger partial charge in [0.2, 0.25) is 10.0 Å². The van der Waals surface area contributed by atoms with E-state index in [4.69, 9.17) is 4.42 Å². The van der Waals surface area contributed by atoms with Crippen molar-refractivity contribution in [1.29, 1.82) is 0 Å². The highest BCUT2D eigenvalue weighted by atomic mass is 32.2. The van der Waals surface area contributed by atoms with Crippen LogP contribution in [-0.4, -0.2) is 26.8 Å². The summed E-state index contributed by atoms with van der Waals surface area (Å²) in [5, 5.41) is 4.93. The molecular formula is C14H20N2O3S2. The maximum Gasteiger partial charge on any atom is 0.246 e. The molecule has 0 saturated heterocycles. The van der Waals surface area contributed by atoms with Crippen molar-refractivity contribution in [2.24, 2.45) is 0 Å². The second-order valence-corrected chi connectivity index (χ2v) is 7.91. The van der Waals surface area contributed by atoms with Crippen LogP contribution >= 0.6 is 11.3 Å². The molecule has 0 saturated carbocycles. The quantitative estimate of drug-likeness (QED) is 0.885. The largest absolute Gasteiger partial charge is 0.465 e. The highest BCUT2D eigenvalue weighted by Gasteiger charge is 2.30. The fourth-order valence-electron chi connectivity index (χ4n) is 2.29. The number of thiophene rings is 1. The lowest BCUT2D eigenvalue weighted by Gasteiger charge is -2.17. The molecule has 116 valence electrons. The van der Waals surface area contributed by atoms with Crippen molar-refractivity contribution < 1.29 is 12.8 Å². The first-order valence-corrected chi connectivity index (χ1v) is 8.92. The molecule has 0 aliphatic carbocycles. The van der Waals surface area contributed by atoms with Gasteiger partial charge in [0.15, 0.2) is 0 Å². The summed E-state index contributed by atoms with van der Waals surface area (Å²) in [6, 6.07) is 3.85. The molecule has 0 amide bonds. The Morgan fingerprint density at radius 1 is 1.33 bits per heavy atom. The zero-order valence-corrected chi connectivity index (χ0v) is 14.3. The van der Waals surface area contributed by atoms with Gasteiger partial charge in [-0.05, 0) is 32.3 Å². The molecule has 5 nitrogen and oxygen atoms in total. The summed E-state index contributed by atoms with van der Waals surface area (Å²) in [7, 11) is -0.189. The van der Waals surface area contributed by atoms with E-state index in [0.717, 1.165) is 4.88 Å². The maximum atomic E-state index is 12.8. The number of hydrogen-bond donors (Lipinski definition) is 1. The van der Waals surface area contributed by atoms with Crippen LogP contribution in [0, 0.1) is 13.8 Å². The molecule has 0 bridgehead atoms. The lowest BCUT2D eigenvalue weighted by molar-refractivity contribution is 0.461. The third-order valence-electron chi connectivity index (χ3n) is 3.31. The van der Waals surface area contributed by atoms with Gasteiger partial charge >= 0.3 is 0 Å². The molecule has 0 spiro atoms. The van der Waals surface area contributed by atoms with E-state index < -0.39 is 10.0 Å². The fourth-order valence-corrected chi connectivity index (χ4v) is 4.68. The second kappa shape index (κ2) is 6.31. The van der Waals surface area contributed by atoms with Gasteiger partial charge in [-0.25, -0.2) is 8.42 Å². The molecule has 2 aromatic rings. The summed E-state index contributed by atoms with van der Waals surface area (Å²) >= 11 is 1.54. The molecule has 0 aromatic carbocycles. The summed E-state index contributed by atoms with van der Waals surface area (Å²) in [4.78, 5) is 1.29. The molecule has 0 radical (unpaired) electrons. The molecule has 0 atom stereocenters. The van der Waals surface area contributed by atoms with Crippen molar-refractivity contribution in [2.75, 3.05) is 14.1 Å². The highest BCUT2D eigenvalue weighted by molar-refractivity contribution is 7.89. The average Bonchev–Trinajstić information content (AvgIpc) is 2.99. The molecule has 2 rings (SSSR count). The van der Waals surface area contributed by atoms with Crippen LogP contribution in [0.1, 0.15) is 22.0 Å². The molecule has 2 aromatic heterocycles. The zero-order chi connectivity index (χ0) is 15.6. The van der Waals surface area contributed by atoms with Crippen molar-refractivity contribution in [3.63, 3.8) is 0 Å². The predicted molar refractivity (Wildman–Crippen MR) is 83.9 cm³/mol. The van der Waals surface area contributed by atoms with Gasteiger partial charge in [0.05, 0.1) is 0 Å². The summed E-state index contributed by atoms with van der Waals surface area (Å²) in [6.45, 7) is 4.31. The summed E-state index contributed by atoms with van der Waals surface area (Å²) in [6.07, 6.45) is 0. The van der Waals surface area contributed by atoms with E-state index in [1.807, 2.05) is 17.5 Å². The van der Waals surface area contributed by atoms with Crippen LogP contribution < -0.4 is 5.32 Å². The van der Waals surface area contributed by atoms with Gasteiger partial charge in [-0.1, -0.05) is 6.07 Å². The van der Waals surface area contributed by atoms with Crippen molar-refractivity contribution in [2.45, 2.75) is 31.8 Å². The van der Waals surface area contributed by atoms with E-state index in [9.17, 15) is 8.42 Å². The van der Waals surface area contributed by atoms with Crippen molar-refractivity contribution in [1.82, 2.24) is 9.62 Å². The van der Waals surface area contributed by atoms with Gasteiger partial charge in [-0.2, -0.15) is 4.31 Å². The number of rotatable bonds is 6. The van der Waals surface area contributed by atoms with Gasteiger partial charge in [-0.3, -0.25) is 0 Å². The Balaban J connectivity index is 2.39. The molecule has 0 unspecified atom stereocenters. The lowest BCUT2D eigenvalue weighted by atomic mass is 10.2. The van der Waals surface area contributed by atoms with Crippen LogP contribution in [-0.2, 0) is 23.1 Å². The summed E-state index contributed by atoms with van der Waals surface area (Å²) in [5.74, 6) is 1.08. The maximum absolute atomic E-state index is 12.8. The third kappa shape index (κ3) is 3.21. The van der Waals surface area contributed by atoms with Crippen LogP contribution in [0.5, 0.6) is 0 Å². The second-order valence-electron chi connectivity index (χ2n) is 4.89. The van der Waals surface area contributed by atoms with Crippen LogP contribution in [0.15, 0.2) is 26.8 Å². The van der Waals surface area contributed by atoms with E-state index in [1.54, 1.807) is 39.3 Å². The van der Waals surface area contributed by atoms with Crippen LogP contribution in [0.25, 0.3) is 0 Å². The van der Waals surface area contributed by atoms with Crippen molar-refractivity contribution in [3.8, 4) is 0 Å². The molecule has 0 fully saturated rings. The molecule has 7 heteroatoms. The van der Waals surface area contributed by atoms with E-state index >= 15 is 0 Å². The smallest absolute Gasteiger partial charge is 0.246 e. The molecule has 0 aliphatic heterocycles. The molecule has 21 heavy (non-hydrogen) atoms. The van der Waals surface area contributed by atoms with E-state index in [0.29, 0.717) is 30.2 Å². The summed E-state index contributed by atoms with van der Waals surface area (Å²) < 4.78 is 32.6. The van der Waals surface area contributed by atoms with E-state index in [-0.39, 0.29) is 4.90 Å². The number of nitrogens with one attached hydrogen (secondary N) is 1. The highest BCUT2D eigenvalue weighted by Crippen LogP contribution is 2.29. The van der Waals surface area contributed by atoms with Crippen LogP contribution in [0.4, 0.5) is 0 Å². The first kappa shape index (κ1) is 16.2. The Morgan fingerprint density at radius 3 is 2.62 bits per heavy atom. The average molecular weight is 328 g/mol. The number of hydrogen-bond acceptors (Lipinski definition) is 5. The van der Waals surface area contributed by atoms with Crippen LogP contribution in [0.3, 0.4) is 0 Å². The minimum Gasteiger partial charge on any atom is -0.465 e. The lowest BCUT2D eigenvalue weighted by Crippen LogP contribution is -2.27. The number of furan rings is 1. The van der Waals surface area contributed by atoms with Gasteiger partial charge in [0.25, 0.3) is 0 Å². The van der Waals surface area contributed by atoms with Crippen molar-refractivity contribution in [3.05, 3.63) is 39.5 Å². The molecule has 0 aliphatic rings. The zero-order valence-electron chi connectivity index (χ0n) is 12.6. The Kier molecular flexibility index (Phi) is 4.88. The Labute approximate surface area is 129 Å². The Hall–Kier alpha value is -1.15. The minimum absolute atomic E-state index is 0.286. The third-order valence-corrected chi connectivity index (χ3v) is 6.17. The Bertz CT molecular complexity index is 703. The molecular weight excluding hydrogens is 308 g/mol. The number of sulfonamides is 1. The fraction of sp³-hybridized carbons (Fsp3) is 0.429. The Morgan fingerprint density at radius 2 is 2.05 bits per heavy atom. The predicted octanol–water partition coefficient (Wildman–Crippen LogP) is 2.50. The standard InChI is InChI=1S/C14H20N2O3S2/c1-10-13(8-15-3)14(11(2)19-10)21(17,18)16(4)9-12-6-5-7-20-12/h5-7,15H,8-9H2,1-4H3.